The van der Waals surface area contributed by atoms with Crippen molar-refractivity contribution in [1.82, 2.24) is 4.31 Å². The number of nitrogens with zero attached hydrogens (tertiary/aromatic N) is 2. The second-order valence-electron chi connectivity index (χ2n) is 6.27. The molecule has 0 atom stereocenters. The molecule has 0 unspecified atom stereocenters. The lowest BCUT2D eigenvalue weighted by atomic mass is 10.1. The smallest absolute Gasteiger partial charge is 0.239 e. The first-order valence-electron chi connectivity index (χ1n) is 8.28. The second kappa shape index (κ2) is 7.29. The molecule has 0 spiro atoms. The molecule has 0 aliphatic carbocycles. The summed E-state index contributed by atoms with van der Waals surface area (Å²) >= 11 is 6.36. The standard InChI is InChI=1S/C16H22ClN3O3S/c17-14-11-13(5-6-15(14)19-7-2-1-3-8-19)18-16(21)12-20-9-4-10-24(20,22)23/h5-6,11H,1-4,7-10,12H2,(H,18,21). The van der Waals surface area contributed by atoms with Gasteiger partial charge in [0.25, 0.3) is 0 Å². The van der Waals surface area contributed by atoms with Crippen molar-refractivity contribution in [3.63, 3.8) is 0 Å². The van der Waals surface area contributed by atoms with Crippen LogP contribution < -0.4 is 10.2 Å². The Morgan fingerprint density at radius 1 is 1.12 bits per heavy atom. The molecular formula is C16H22ClN3O3S. The molecule has 132 valence electrons. The van der Waals surface area contributed by atoms with Crippen molar-refractivity contribution in [2.75, 3.05) is 42.1 Å². The SMILES string of the molecule is O=C(CN1CCCS1(=O)=O)Nc1ccc(N2CCCCC2)c(Cl)c1. The van der Waals surface area contributed by atoms with Crippen LogP contribution in [0.3, 0.4) is 0 Å². The largest absolute Gasteiger partial charge is 0.370 e. The summed E-state index contributed by atoms with van der Waals surface area (Å²) in [7, 11) is -3.26. The van der Waals surface area contributed by atoms with Gasteiger partial charge in [0, 0.05) is 25.3 Å². The van der Waals surface area contributed by atoms with Crippen molar-refractivity contribution in [1.29, 1.82) is 0 Å². The van der Waals surface area contributed by atoms with E-state index in [0.717, 1.165) is 18.8 Å². The quantitative estimate of drug-likeness (QED) is 0.881. The number of carbonyl (C=O) groups is 1. The fourth-order valence-corrected chi connectivity index (χ4v) is 4.98. The van der Waals surface area contributed by atoms with Crippen LogP contribution in [0.5, 0.6) is 0 Å². The van der Waals surface area contributed by atoms with Gasteiger partial charge in [0.1, 0.15) is 0 Å². The fourth-order valence-electron chi connectivity index (χ4n) is 3.21. The Bertz CT molecular complexity index is 717. The van der Waals surface area contributed by atoms with E-state index in [-0.39, 0.29) is 18.2 Å². The molecule has 0 radical (unpaired) electrons. The maximum Gasteiger partial charge on any atom is 0.239 e. The molecule has 8 heteroatoms. The topological polar surface area (TPSA) is 69.7 Å². The summed E-state index contributed by atoms with van der Waals surface area (Å²) in [6.45, 7) is 2.26. The Morgan fingerprint density at radius 3 is 2.50 bits per heavy atom. The zero-order chi connectivity index (χ0) is 17.2. The van der Waals surface area contributed by atoms with Gasteiger partial charge in [-0.25, -0.2) is 8.42 Å². The third kappa shape index (κ3) is 4.02. The molecule has 2 aliphatic heterocycles. The van der Waals surface area contributed by atoms with Crippen LogP contribution in [0, 0.1) is 0 Å². The zero-order valence-electron chi connectivity index (χ0n) is 13.5. The van der Waals surface area contributed by atoms with E-state index in [2.05, 4.69) is 10.2 Å². The summed E-state index contributed by atoms with van der Waals surface area (Å²) in [5.41, 5.74) is 1.57. The van der Waals surface area contributed by atoms with Crippen LogP contribution in [0.25, 0.3) is 0 Å². The van der Waals surface area contributed by atoms with Crippen LogP contribution in [0.1, 0.15) is 25.7 Å². The average molecular weight is 372 g/mol. The van der Waals surface area contributed by atoms with Crippen LogP contribution in [0.15, 0.2) is 18.2 Å². The number of anilines is 2. The molecule has 0 aromatic heterocycles. The fraction of sp³-hybridized carbons (Fsp3) is 0.562. The first-order valence-corrected chi connectivity index (χ1v) is 10.3. The molecule has 1 aromatic carbocycles. The first-order chi connectivity index (χ1) is 11.5. The normalized spacial score (nSPS) is 21.0. The molecule has 1 amide bonds. The Hall–Kier alpha value is -1.31. The predicted molar refractivity (Wildman–Crippen MR) is 96.1 cm³/mol. The van der Waals surface area contributed by atoms with Gasteiger partial charge in [-0.1, -0.05) is 11.6 Å². The van der Waals surface area contributed by atoms with Crippen LogP contribution in [0.4, 0.5) is 11.4 Å². The summed E-state index contributed by atoms with van der Waals surface area (Å²) in [4.78, 5) is 14.3. The van der Waals surface area contributed by atoms with Gasteiger partial charge < -0.3 is 10.2 Å². The molecule has 2 saturated heterocycles. The summed E-state index contributed by atoms with van der Waals surface area (Å²) in [6, 6.07) is 5.45. The number of amides is 1. The number of halogens is 1. The molecule has 2 heterocycles. The third-order valence-corrected chi connectivity index (χ3v) is 6.66. The highest BCUT2D eigenvalue weighted by atomic mass is 35.5. The molecule has 1 aromatic rings. The number of hydrogen-bond acceptors (Lipinski definition) is 4. The van der Waals surface area contributed by atoms with E-state index in [9.17, 15) is 13.2 Å². The highest BCUT2D eigenvalue weighted by molar-refractivity contribution is 7.89. The maximum atomic E-state index is 12.1. The third-order valence-electron chi connectivity index (χ3n) is 4.45. The van der Waals surface area contributed by atoms with Crippen LogP contribution in [-0.4, -0.2) is 50.6 Å². The van der Waals surface area contributed by atoms with Gasteiger partial charge in [-0.3, -0.25) is 4.79 Å². The van der Waals surface area contributed by atoms with Crippen molar-refractivity contribution in [2.24, 2.45) is 0 Å². The molecule has 0 saturated carbocycles. The van der Waals surface area contributed by atoms with Crippen LogP contribution >= 0.6 is 11.6 Å². The van der Waals surface area contributed by atoms with Crippen molar-refractivity contribution in [3.8, 4) is 0 Å². The van der Waals surface area contributed by atoms with Crippen LogP contribution in [-0.2, 0) is 14.8 Å². The van der Waals surface area contributed by atoms with Gasteiger partial charge in [0.15, 0.2) is 0 Å². The zero-order valence-corrected chi connectivity index (χ0v) is 15.1. The number of carbonyl (C=O) groups excluding carboxylic acids is 1. The molecule has 3 rings (SSSR count). The van der Waals surface area contributed by atoms with Crippen molar-refractivity contribution >= 4 is 38.9 Å². The van der Waals surface area contributed by atoms with Crippen molar-refractivity contribution in [2.45, 2.75) is 25.7 Å². The number of nitrogens with one attached hydrogen (secondary N) is 1. The number of benzene rings is 1. The minimum Gasteiger partial charge on any atom is -0.370 e. The Kier molecular flexibility index (Phi) is 5.32. The lowest BCUT2D eigenvalue weighted by Gasteiger charge is -2.29. The number of sulfonamides is 1. The lowest BCUT2D eigenvalue weighted by molar-refractivity contribution is -0.116. The summed E-state index contributed by atoms with van der Waals surface area (Å²) in [6.07, 6.45) is 4.16. The highest BCUT2D eigenvalue weighted by Gasteiger charge is 2.29. The molecular weight excluding hydrogens is 350 g/mol. The van der Waals surface area contributed by atoms with Gasteiger partial charge in [0.2, 0.25) is 15.9 Å². The predicted octanol–water partition coefficient (Wildman–Crippen LogP) is 2.30. The van der Waals surface area contributed by atoms with E-state index in [0.29, 0.717) is 23.7 Å². The van der Waals surface area contributed by atoms with Crippen molar-refractivity contribution in [3.05, 3.63) is 23.2 Å². The molecule has 2 fully saturated rings. The van der Waals surface area contributed by atoms with E-state index in [4.69, 9.17) is 11.6 Å². The highest BCUT2D eigenvalue weighted by Crippen LogP contribution is 2.30. The summed E-state index contributed by atoms with van der Waals surface area (Å²) < 4.78 is 24.7. The van der Waals surface area contributed by atoms with Gasteiger partial charge >= 0.3 is 0 Å². The van der Waals surface area contributed by atoms with Crippen LogP contribution in [0.2, 0.25) is 5.02 Å². The number of piperidine rings is 1. The molecule has 24 heavy (non-hydrogen) atoms. The summed E-state index contributed by atoms with van der Waals surface area (Å²) in [5, 5.41) is 3.33. The summed E-state index contributed by atoms with van der Waals surface area (Å²) in [5.74, 6) is -0.223. The van der Waals surface area contributed by atoms with E-state index in [1.165, 1.54) is 23.6 Å². The van der Waals surface area contributed by atoms with Gasteiger partial charge in [-0.2, -0.15) is 4.31 Å². The Labute approximate surface area is 147 Å². The average Bonchev–Trinajstić information content (AvgIpc) is 2.87. The maximum absolute atomic E-state index is 12.1. The van der Waals surface area contributed by atoms with Gasteiger partial charge in [-0.05, 0) is 43.9 Å². The molecule has 2 aliphatic rings. The minimum absolute atomic E-state index is 0.122. The van der Waals surface area contributed by atoms with E-state index >= 15 is 0 Å². The number of hydrogen-bond donors (Lipinski definition) is 1. The lowest BCUT2D eigenvalue weighted by Crippen LogP contribution is -2.34. The second-order valence-corrected chi connectivity index (χ2v) is 8.76. The van der Waals surface area contributed by atoms with E-state index in [1.807, 2.05) is 12.1 Å². The number of rotatable bonds is 4. The molecule has 1 N–H and O–H groups in total. The Morgan fingerprint density at radius 2 is 1.88 bits per heavy atom. The monoisotopic (exact) mass is 371 g/mol. The van der Waals surface area contributed by atoms with E-state index < -0.39 is 10.0 Å². The molecule has 0 bridgehead atoms. The van der Waals surface area contributed by atoms with Gasteiger partial charge in [0.05, 0.1) is 23.0 Å². The first kappa shape index (κ1) is 17.5. The van der Waals surface area contributed by atoms with E-state index in [1.54, 1.807) is 6.07 Å². The van der Waals surface area contributed by atoms with Crippen molar-refractivity contribution < 1.29 is 13.2 Å². The van der Waals surface area contributed by atoms with Gasteiger partial charge in [-0.15, -0.1) is 0 Å². The molecule has 6 nitrogen and oxygen atoms in total. The minimum atomic E-state index is -3.26. The Balaban J connectivity index is 1.63.